The van der Waals surface area contributed by atoms with Crippen molar-refractivity contribution in [2.45, 2.75) is 11.8 Å². The SMILES string of the molecule is C=CCOc1ccc(/C=N\NC(=O)CN(c2ccccc2F)S(=O)(=O)c2ccc(C)cc2)cc1. The number of nitrogens with one attached hydrogen (secondary N) is 1. The number of amides is 1. The lowest BCUT2D eigenvalue weighted by atomic mass is 10.2. The van der Waals surface area contributed by atoms with E-state index in [2.05, 4.69) is 17.1 Å². The quantitative estimate of drug-likeness (QED) is 0.269. The zero-order valence-corrected chi connectivity index (χ0v) is 19.3. The van der Waals surface area contributed by atoms with E-state index in [9.17, 15) is 17.6 Å². The molecule has 34 heavy (non-hydrogen) atoms. The Morgan fingerprint density at radius 3 is 2.41 bits per heavy atom. The smallest absolute Gasteiger partial charge is 0.264 e. The van der Waals surface area contributed by atoms with Gasteiger partial charge in [0.25, 0.3) is 15.9 Å². The molecule has 3 aromatic rings. The average Bonchev–Trinajstić information content (AvgIpc) is 2.83. The van der Waals surface area contributed by atoms with E-state index in [-0.39, 0.29) is 10.6 Å². The van der Waals surface area contributed by atoms with Crippen LogP contribution in [-0.4, -0.2) is 33.7 Å². The Morgan fingerprint density at radius 1 is 1.09 bits per heavy atom. The van der Waals surface area contributed by atoms with E-state index in [0.717, 1.165) is 15.9 Å². The molecule has 0 unspecified atom stereocenters. The lowest BCUT2D eigenvalue weighted by Crippen LogP contribution is -2.40. The molecule has 176 valence electrons. The number of benzene rings is 3. The van der Waals surface area contributed by atoms with Crippen LogP contribution >= 0.6 is 0 Å². The molecule has 3 aromatic carbocycles. The first-order chi connectivity index (χ1) is 16.3. The minimum atomic E-state index is -4.22. The molecule has 0 saturated heterocycles. The maximum absolute atomic E-state index is 14.5. The van der Waals surface area contributed by atoms with Gasteiger partial charge in [-0.25, -0.2) is 18.2 Å². The van der Waals surface area contributed by atoms with Crippen LogP contribution in [0.5, 0.6) is 5.75 Å². The summed E-state index contributed by atoms with van der Waals surface area (Å²) >= 11 is 0. The molecular weight excluding hydrogens is 457 g/mol. The van der Waals surface area contributed by atoms with E-state index >= 15 is 0 Å². The van der Waals surface area contributed by atoms with Gasteiger partial charge in [0.05, 0.1) is 16.8 Å². The molecule has 0 spiro atoms. The molecule has 0 fully saturated rings. The number of nitrogens with zero attached hydrogens (tertiary/aromatic N) is 2. The highest BCUT2D eigenvalue weighted by Gasteiger charge is 2.29. The number of carbonyl (C=O) groups is 1. The number of para-hydroxylation sites is 1. The lowest BCUT2D eigenvalue weighted by molar-refractivity contribution is -0.119. The third-order valence-corrected chi connectivity index (χ3v) is 6.44. The van der Waals surface area contributed by atoms with Crippen molar-refractivity contribution in [1.82, 2.24) is 5.43 Å². The van der Waals surface area contributed by atoms with Gasteiger partial charge in [-0.2, -0.15) is 5.10 Å². The summed E-state index contributed by atoms with van der Waals surface area (Å²) < 4.78 is 47.1. The van der Waals surface area contributed by atoms with Crippen LogP contribution in [0.1, 0.15) is 11.1 Å². The van der Waals surface area contributed by atoms with Gasteiger partial charge in [-0.05, 0) is 61.0 Å². The van der Waals surface area contributed by atoms with E-state index in [1.807, 2.05) is 6.92 Å². The Morgan fingerprint density at radius 2 is 1.76 bits per heavy atom. The van der Waals surface area contributed by atoms with Crippen molar-refractivity contribution in [1.29, 1.82) is 0 Å². The van der Waals surface area contributed by atoms with Crippen LogP contribution in [0, 0.1) is 12.7 Å². The van der Waals surface area contributed by atoms with Crippen molar-refractivity contribution in [2.75, 3.05) is 17.5 Å². The van der Waals surface area contributed by atoms with Gasteiger partial charge in [0.15, 0.2) is 0 Å². The highest BCUT2D eigenvalue weighted by atomic mass is 32.2. The standard InChI is InChI=1S/C25H24FN3O4S/c1-3-16-33-21-12-10-20(11-13-21)17-27-28-25(30)18-29(24-7-5-4-6-23(24)26)34(31,32)22-14-8-19(2)9-15-22/h3-15,17H,1,16,18H2,2H3,(H,28,30)/b27-17-. The Hall–Kier alpha value is -3.98. The number of carbonyl (C=O) groups excluding carboxylic acids is 1. The number of anilines is 1. The Balaban J connectivity index is 1.76. The highest BCUT2D eigenvalue weighted by Crippen LogP contribution is 2.26. The fourth-order valence-corrected chi connectivity index (χ4v) is 4.37. The number of sulfonamides is 1. The second-order valence-corrected chi connectivity index (χ2v) is 9.10. The van der Waals surface area contributed by atoms with Gasteiger partial charge in [-0.15, -0.1) is 0 Å². The molecule has 0 heterocycles. The summed E-state index contributed by atoms with van der Waals surface area (Å²) in [6.07, 6.45) is 3.03. The van der Waals surface area contributed by atoms with Crippen LogP contribution in [0.4, 0.5) is 10.1 Å². The fraction of sp³-hybridized carbons (Fsp3) is 0.120. The predicted molar refractivity (Wildman–Crippen MR) is 130 cm³/mol. The van der Waals surface area contributed by atoms with E-state index in [1.165, 1.54) is 36.5 Å². The molecular formula is C25H24FN3O4S. The molecule has 7 nitrogen and oxygen atoms in total. The molecule has 0 saturated carbocycles. The summed E-state index contributed by atoms with van der Waals surface area (Å²) in [6, 6.07) is 18.4. The molecule has 0 atom stereocenters. The van der Waals surface area contributed by atoms with Crippen molar-refractivity contribution >= 4 is 27.8 Å². The highest BCUT2D eigenvalue weighted by molar-refractivity contribution is 7.92. The van der Waals surface area contributed by atoms with Gasteiger partial charge in [0, 0.05) is 0 Å². The van der Waals surface area contributed by atoms with Crippen LogP contribution < -0.4 is 14.5 Å². The summed E-state index contributed by atoms with van der Waals surface area (Å²) in [7, 11) is -4.22. The fourth-order valence-electron chi connectivity index (χ4n) is 2.94. The van der Waals surface area contributed by atoms with Gasteiger partial charge in [0.2, 0.25) is 0 Å². The molecule has 0 radical (unpaired) electrons. The van der Waals surface area contributed by atoms with Crippen molar-refractivity contribution in [3.05, 3.63) is 102 Å². The summed E-state index contributed by atoms with van der Waals surface area (Å²) in [5, 5.41) is 3.87. The summed E-state index contributed by atoms with van der Waals surface area (Å²) in [5.41, 5.74) is 3.60. The van der Waals surface area contributed by atoms with Crippen molar-refractivity contribution in [3.63, 3.8) is 0 Å². The number of halogens is 1. The number of ether oxygens (including phenoxy) is 1. The van der Waals surface area contributed by atoms with Gasteiger partial charge in [0.1, 0.15) is 24.7 Å². The van der Waals surface area contributed by atoms with Crippen molar-refractivity contribution < 1.29 is 22.3 Å². The summed E-state index contributed by atoms with van der Waals surface area (Å²) in [5.74, 6) is -0.850. The third-order valence-electron chi connectivity index (χ3n) is 4.67. The molecule has 0 aliphatic rings. The van der Waals surface area contributed by atoms with Crippen LogP contribution in [0.15, 0.2) is 95.4 Å². The molecule has 0 bridgehead atoms. The zero-order chi connectivity index (χ0) is 24.6. The Kier molecular flexibility index (Phi) is 8.15. The number of rotatable bonds is 10. The first kappa shape index (κ1) is 24.7. The summed E-state index contributed by atoms with van der Waals surface area (Å²) in [4.78, 5) is 12.5. The number of aryl methyl sites for hydroxylation is 1. The average molecular weight is 482 g/mol. The van der Waals surface area contributed by atoms with Crippen LogP contribution in [-0.2, 0) is 14.8 Å². The zero-order valence-electron chi connectivity index (χ0n) is 18.5. The summed E-state index contributed by atoms with van der Waals surface area (Å²) in [6.45, 7) is 5.12. The normalized spacial score (nSPS) is 11.2. The first-order valence-corrected chi connectivity index (χ1v) is 11.7. The number of hydrogen-bond donors (Lipinski definition) is 1. The minimum Gasteiger partial charge on any atom is -0.490 e. The van der Waals surface area contributed by atoms with Gasteiger partial charge < -0.3 is 4.74 Å². The van der Waals surface area contributed by atoms with E-state index < -0.39 is 28.3 Å². The van der Waals surface area contributed by atoms with Crippen molar-refractivity contribution in [3.8, 4) is 5.75 Å². The van der Waals surface area contributed by atoms with Gasteiger partial charge in [-0.3, -0.25) is 9.10 Å². The molecule has 3 rings (SSSR count). The number of hydrazone groups is 1. The monoisotopic (exact) mass is 481 g/mol. The Bertz CT molecular complexity index is 1270. The maximum atomic E-state index is 14.5. The maximum Gasteiger partial charge on any atom is 0.264 e. The van der Waals surface area contributed by atoms with E-state index in [1.54, 1.807) is 42.5 Å². The van der Waals surface area contributed by atoms with E-state index in [0.29, 0.717) is 17.9 Å². The molecule has 9 heteroatoms. The second kappa shape index (κ2) is 11.2. The Labute approximate surface area is 198 Å². The van der Waals surface area contributed by atoms with Crippen LogP contribution in [0.3, 0.4) is 0 Å². The predicted octanol–water partition coefficient (Wildman–Crippen LogP) is 4.04. The minimum absolute atomic E-state index is 0.0589. The molecule has 1 N–H and O–H groups in total. The van der Waals surface area contributed by atoms with Crippen LogP contribution in [0.25, 0.3) is 0 Å². The molecule has 0 aromatic heterocycles. The lowest BCUT2D eigenvalue weighted by Gasteiger charge is -2.24. The molecule has 0 aliphatic heterocycles. The van der Waals surface area contributed by atoms with Gasteiger partial charge in [-0.1, -0.05) is 42.5 Å². The largest absolute Gasteiger partial charge is 0.490 e. The van der Waals surface area contributed by atoms with E-state index in [4.69, 9.17) is 4.74 Å². The molecule has 1 amide bonds. The second-order valence-electron chi connectivity index (χ2n) is 7.24. The molecule has 0 aliphatic carbocycles. The van der Waals surface area contributed by atoms with Gasteiger partial charge >= 0.3 is 0 Å². The number of hydrogen-bond acceptors (Lipinski definition) is 5. The topological polar surface area (TPSA) is 88.1 Å². The van der Waals surface area contributed by atoms with Crippen LogP contribution in [0.2, 0.25) is 0 Å². The first-order valence-electron chi connectivity index (χ1n) is 10.3. The third kappa shape index (κ3) is 6.29. The van der Waals surface area contributed by atoms with Crippen molar-refractivity contribution in [2.24, 2.45) is 5.10 Å².